The third-order valence-corrected chi connectivity index (χ3v) is 2.81. The summed E-state index contributed by atoms with van der Waals surface area (Å²) in [6.45, 7) is 3.84. The lowest BCUT2D eigenvalue weighted by Crippen LogP contribution is -2.21. The van der Waals surface area contributed by atoms with Crippen LogP contribution in [0.5, 0.6) is 0 Å². The van der Waals surface area contributed by atoms with E-state index in [0.717, 1.165) is 0 Å². The van der Waals surface area contributed by atoms with E-state index in [0.29, 0.717) is 5.88 Å². The lowest BCUT2D eigenvalue weighted by Gasteiger charge is -2.21. The zero-order valence-corrected chi connectivity index (χ0v) is 7.19. The Morgan fingerprint density at radius 1 is 1.38 bits per heavy atom. The molecule has 0 saturated carbocycles. The van der Waals surface area contributed by atoms with E-state index in [1.807, 2.05) is 13.8 Å². The smallest absolute Gasteiger partial charge is 0.114 e. The summed E-state index contributed by atoms with van der Waals surface area (Å²) in [5, 5.41) is 0. The molecule has 0 aliphatic rings. The molecule has 0 rings (SSSR count). The van der Waals surface area contributed by atoms with Crippen molar-refractivity contribution in [1.82, 2.24) is 0 Å². The molecule has 0 aromatic carbocycles. The lowest BCUT2D eigenvalue weighted by molar-refractivity contribution is 0.458. The molecule has 0 radical (unpaired) electrons. The Labute approximate surface area is 65.1 Å². The first kappa shape index (κ1) is 8.87. The van der Waals surface area contributed by atoms with Gasteiger partial charge >= 0.3 is 0 Å². The van der Waals surface area contributed by atoms with Gasteiger partial charge in [-0.15, -0.1) is 34.8 Å². The van der Waals surface area contributed by atoms with Gasteiger partial charge in [-0.05, 0) is 0 Å². The number of hydrogen-bond acceptors (Lipinski definition) is 0. The summed E-state index contributed by atoms with van der Waals surface area (Å²) in [4.78, 5) is -0.375. The molecule has 0 aromatic rings. The molecule has 0 heterocycles. The first-order valence-electron chi connectivity index (χ1n) is 2.35. The van der Waals surface area contributed by atoms with E-state index in [4.69, 9.17) is 34.8 Å². The Hall–Kier alpha value is 0.870. The summed E-state index contributed by atoms with van der Waals surface area (Å²) in [7, 11) is 0. The molecule has 0 saturated heterocycles. The average Bonchev–Trinajstić information content (AvgIpc) is 1.67. The molecule has 0 aliphatic carbocycles. The van der Waals surface area contributed by atoms with Crippen molar-refractivity contribution in [1.29, 1.82) is 0 Å². The van der Waals surface area contributed by atoms with E-state index < -0.39 is 0 Å². The van der Waals surface area contributed by atoms with Gasteiger partial charge in [-0.25, -0.2) is 0 Å². The number of rotatable bonds is 2. The second kappa shape index (κ2) is 3.14. The molecule has 0 fully saturated rings. The summed E-state index contributed by atoms with van der Waals surface area (Å²) in [6, 6.07) is 0. The Morgan fingerprint density at radius 2 is 1.75 bits per heavy atom. The lowest BCUT2D eigenvalue weighted by atomic mass is 10.00. The number of hydrogen-bond donors (Lipinski definition) is 0. The molecule has 50 valence electrons. The minimum Gasteiger partial charge on any atom is -0.126 e. The van der Waals surface area contributed by atoms with Crippen LogP contribution in [-0.4, -0.2) is 10.7 Å². The van der Waals surface area contributed by atoms with Crippen molar-refractivity contribution in [3.8, 4) is 0 Å². The molecule has 0 aromatic heterocycles. The highest BCUT2D eigenvalue weighted by molar-refractivity contribution is 6.45. The van der Waals surface area contributed by atoms with Gasteiger partial charge in [-0.1, -0.05) is 13.8 Å². The van der Waals surface area contributed by atoms with Crippen LogP contribution in [0.15, 0.2) is 0 Å². The first-order valence-corrected chi connectivity index (χ1v) is 3.75. The Balaban J connectivity index is 3.71. The third-order valence-electron chi connectivity index (χ3n) is 0.935. The van der Waals surface area contributed by atoms with Crippen LogP contribution in [-0.2, 0) is 0 Å². The maximum atomic E-state index is 5.55. The van der Waals surface area contributed by atoms with Crippen LogP contribution in [0.2, 0.25) is 0 Å². The molecule has 0 amide bonds. The molecule has 0 atom stereocenters. The van der Waals surface area contributed by atoms with Crippen molar-refractivity contribution in [2.24, 2.45) is 5.41 Å². The third kappa shape index (κ3) is 2.43. The minimum atomic E-state index is -0.375. The summed E-state index contributed by atoms with van der Waals surface area (Å²) in [5.74, 6) is 0.491. The molecule has 0 unspecified atom stereocenters. The standard InChI is InChI=1S/C5H9Cl3/c1-5(2,3-6)4(7)8/h4H,3H2,1-2H3. The van der Waals surface area contributed by atoms with Gasteiger partial charge in [-0.2, -0.15) is 0 Å². The van der Waals surface area contributed by atoms with Crippen LogP contribution in [0, 0.1) is 5.41 Å². The monoisotopic (exact) mass is 174 g/mol. The fourth-order valence-corrected chi connectivity index (χ4v) is 0.525. The molecular weight excluding hydrogens is 166 g/mol. The van der Waals surface area contributed by atoms with Gasteiger partial charge in [0.2, 0.25) is 0 Å². The van der Waals surface area contributed by atoms with Crippen LogP contribution < -0.4 is 0 Å². The van der Waals surface area contributed by atoms with Gasteiger partial charge in [0.05, 0.1) is 0 Å². The molecule has 0 spiro atoms. The molecule has 0 bridgehead atoms. The second-order valence-corrected chi connectivity index (χ2v) is 3.79. The molecule has 0 aliphatic heterocycles. The van der Waals surface area contributed by atoms with Crippen molar-refractivity contribution in [2.75, 3.05) is 5.88 Å². The maximum Gasteiger partial charge on any atom is 0.114 e. The second-order valence-electron chi connectivity index (χ2n) is 2.42. The molecule has 0 N–H and O–H groups in total. The summed E-state index contributed by atoms with van der Waals surface area (Å²) < 4.78 is 0. The van der Waals surface area contributed by atoms with Crippen LogP contribution in [0.3, 0.4) is 0 Å². The molecular formula is C5H9Cl3. The Morgan fingerprint density at radius 3 is 1.75 bits per heavy atom. The van der Waals surface area contributed by atoms with Crippen LogP contribution in [0.25, 0.3) is 0 Å². The SMILES string of the molecule is CC(C)(CCl)C(Cl)Cl. The van der Waals surface area contributed by atoms with Gasteiger partial charge in [0, 0.05) is 11.3 Å². The molecule has 0 nitrogen and oxygen atoms in total. The number of alkyl halides is 3. The van der Waals surface area contributed by atoms with E-state index in [1.54, 1.807) is 0 Å². The van der Waals surface area contributed by atoms with E-state index in [-0.39, 0.29) is 10.3 Å². The predicted molar refractivity (Wildman–Crippen MR) is 40.0 cm³/mol. The van der Waals surface area contributed by atoms with Crippen molar-refractivity contribution < 1.29 is 0 Å². The predicted octanol–water partition coefficient (Wildman–Crippen LogP) is 3.06. The largest absolute Gasteiger partial charge is 0.126 e. The highest BCUT2D eigenvalue weighted by atomic mass is 35.5. The Kier molecular flexibility index (Phi) is 3.49. The van der Waals surface area contributed by atoms with Crippen LogP contribution in [0.1, 0.15) is 13.8 Å². The summed E-state index contributed by atoms with van der Waals surface area (Å²) in [6.07, 6.45) is 0. The molecule has 3 heteroatoms. The summed E-state index contributed by atoms with van der Waals surface area (Å²) in [5.41, 5.74) is -0.162. The molecule has 8 heavy (non-hydrogen) atoms. The minimum absolute atomic E-state index is 0.162. The van der Waals surface area contributed by atoms with Gasteiger partial charge in [0.25, 0.3) is 0 Å². The van der Waals surface area contributed by atoms with E-state index >= 15 is 0 Å². The van der Waals surface area contributed by atoms with Crippen LogP contribution in [0.4, 0.5) is 0 Å². The zero-order valence-electron chi connectivity index (χ0n) is 4.92. The first-order chi connectivity index (χ1) is 3.50. The van der Waals surface area contributed by atoms with Gasteiger partial charge < -0.3 is 0 Å². The van der Waals surface area contributed by atoms with E-state index in [1.165, 1.54) is 0 Å². The number of halogens is 3. The van der Waals surface area contributed by atoms with Crippen molar-refractivity contribution >= 4 is 34.8 Å². The van der Waals surface area contributed by atoms with Gasteiger partial charge in [-0.3, -0.25) is 0 Å². The van der Waals surface area contributed by atoms with Gasteiger partial charge in [0.1, 0.15) is 4.84 Å². The topological polar surface area (TPSA) is 0 Å². The quantitative estimate of drug-likeness (QED) is 0.566. The van der Waals surface area contributed by atoms with Crippen LogP contribution >= 0.6 is 34.8 Å². The van der Waals surface area contributed by atoms with Crippen molar-refractivity contribution in [3.05, 3.63) is 0 Å². The zero-order chi connectivity index (χ0) is 6.78. The average molecular weight is 175 g/mol. The van der Waals surface area contributed by atoms with E-state index in [9.17, 15) is 0 Å². The highest BCUT2D eigenvalue weighted by Crippen LogP contribution is 2.29. The maximum absolute atomic E-state index is 5.55. The fraction of sp³-hybridized carbons (Fsp3) is 1.00. The van der Waals surface area contributed by atoms with Crippen molar-refractivity contribution in [2.45, 2.75) is 18.7 Å². The van der Waals surface area contributed by atoms with Gasteiger partial charge in [0.15, 0.2) is 0 Å². The Bertz CT molecular complexity index is 68.1. The van der Waals surface area contributed by atoms with Crippen molar-refractivity contribution in [3.63, 3.8) is 0 Å². The highest BCUT2D eigenvalue weighted by Gasteiger charge is 2.24. The fourth-order valence-electron chi connectivity index (χ4n) is 0.0583. The summed E-state index contributed by atoms with van der Waals surface area (Å²) >= 11 is 16.6. The van der Waals surface area contributed by atoms with E-state index in [2.05, 4.69) is 0 Å². The normalized spacial score (nSPS) is 12.8.